The zero-order valence-corrected chi connectivity index (χ0v) is 19.5. The van der Waals surface area contributed by atoms with E-state index >= 15 is 0 Å². The largest absolute Gasteiger partial charge is 0.417 e. The molecule has 3 fully saturated rings. The van der Waals surface area contributed by atoms with E-state index in [0.29, 0.717) is 16.9 Å². The van der Waals surface area contributed by atoms with Crippen molar-refractivity contribution in [3.63, 3.8) is 0 Å². The van der Waals surface area contributed by atoms with Crippen LogP contribution in [0.1, 0.15) is 66.9 Å². The molecule has 2 bridgehead atoms. The Morgan fingerprint density at radius 3 is 2.44 bits per heavy atom. The lowest BCUT2D eigenvalue weighted by molar-refractivity contribution is -0.137. The van der Waals surface area contributed by atoms with Gasteiger partial charge >= 0.3 is 6.18 Å². The van der Waals surface area contributed by atoms with Crippen LogP contribution in [0.4, 0.5) is 19.0 Å². The third kappa shape index (κ3) is 4.24. The van der Waals surface area contributed by atoms with Crippen LogP contribution in [0, 0.1) is 11.3 Å². The van der Waals surface area contributed by atoms with Crippen molar-refractivity contribution in [1.82, 2.24) is 10.1 Å². The molecule has 1 aliphatic carbocycles. The number of hydrogen-bond acceptors (Lipinski definition) is 6. The number of halogens is 3. The fraction of sp³-hybridized carbons (Fsp3) is 0.444. The molecule has 1 aromatic carbocycles. The molecule has 9 heteroatoms. The predicted molar refractivity (Wildman–Crippen MR) is 125 cm³/mol. The van der Waals surface area contributed by atoms with Gasteiger partial charge in [0.25, 0.3) is 0 Å². The van der Waals surface area contributed by atoms with Crippen molar-refractivity contribution in [2.45, 2.75) is 75.4 Å². The Hall–Kier alpha value is -3.38. The van der Waals surface area contributed by atoms with Gasteiger partial charge in [0.15, 0.2) is 0 Å². The molecular weight excluding hydrogens is 469 g/mol. The van der Waals surface area contributed by atoms with Gasteiger partial charge in [0.05, 0.1) is 23.8 Å². The van der Waals surface area contributed by atoms with Gasteiger partial charge in [-0.15, -0.1) is 0 Å². The molecule has 36 heavy (non-hydrogen) atoms. The van der Waals surface area contributed by atoms with E-state index in [-0.39, 0.29) is 42.0 Å². The maximum Gasteiger partial charge on any atom is 0.417 e. The van der Waals surface area contributed by atoms with Crippen LogP contribution in [0.5, 0.6) is 0 Å². The number of rotatable bonds is 6. The van der Waals surface area contributed by atoms with Gasteiger partial charge in [-0.2, -0.15) is 18.4 Å². The molecule has 3 aliphatic rings. The maximum absolute atomic E-state index is 13.7. The first-order valence-corrected chi connectivity index (χ1v) is 12.3. The molecule has 6 nitrogen and oxygen atoms in total. The Morgan fingerprint density at radius 1 is 1.06 bits per heavy atom. The van der Waals surface area contributed by atoms with E-state index in [4.69, 9.17) is 14.5 Å². The second-order valence-electron chi connectivity index (χ2n) is 9.91. The molecule has 4 heterocycles. The van der Waals surface area contributed by atoms with Gasteiger partial charge in [-0.1, -0.05) is 23.4 Å². The van der Waals surface area contributed by atoms with Crippen molar-refractivity contribution in [1.29, 1.82) is 5.26 Å². The fourth-order valence-corrected chi connectivity index (χ4v) is 5.72. The number of ether oxygens (including phenoxy) is 1. The topological polar surface area (TPSA) is 75.2 Å². The first-order chi connectivity index (χ1) is 17.4. The molecule has 0 N–H and O–H groups in total. The smallest absolute Gasteiger partial charge is 0.373 e. The number of alkyl halides is 3. The highest BCUT2D eigenvalue weighted by Gasteiger charge is 2.42. The van der Waals surface area contributed by atoms with E-state index in [1.165, 1.54) is 12.1 Å². The van der Waals surface area contributed by atoms with Gasteiger partial charge in [-0.25, -0.2) is 4.98 Å². The van der Waals surface area contributed by atoms with E-state index < -0.39 is 11.7 Å². The summed E-state index contributed by atoms with van der Waals surface area (Å²) in [5.74, 6) is 1.73. The molecule has 6 rings (SSSR count). The molecule has 0 radical (unpaired) electrons. The van der Waals surface area contributed by atoms with Crippen LogP contribution in [0.2, 0.25) is 0 Å². The average molecular weight is 495 g/mol. The number of fused-ring (bicyclic) bond motifs is 2. The molecule has 2 unspecified atom stereocenters. The van der Waals surface area contributed by atoms with Crippen LogP contribution < -0.4 is 4.90 Å². The lowest BCUT2D eigenvalue weighted by atomic mass is 9.98. The number of nitrogens with zero attached hydrogens (tertiary/aromatic N) is 4. The molecule has 1 saturated carbocycles. The number of piperidine rings is 1. The highest BCUT2D eigenvalue weighted by Crippen LogP contribution is 2.46. The van der Waals surface area contributed by atoms with Gasteiger partial charge in [0, 0.05) is 35.3 Å². The highest BCUT2D eigenvalue weighted by molar-refractivity contribution is 5.68. The van der Waals surface area contributed by atoms with Crippen molar-refractivity contribution in [3.05, 3.63) is 65.0 Å². The molecule has 2 aromatic heterocycles. The summed E-state index contributed by atoms with van der Waals surface area (Å²) in [6, 6.07) is 11.9. The summed E-state index contributed by atoms with van der Waals surface area (Å²) < 4.78 is 53.1. The number of pyridine rings is 1. The van der Waals surface area contributed by atoms with Crippen molar-refractivity contribution in [2.24, 2.45) is 0 Å². The summed E-state index contributed by atoms with van der Waals surface area (Å²) in [6.45, 7) is 0.177. The number of hydrogen-bond donors (Lipinski definition) is 0. The second kappa shape index (κ2) is 8.93. The van der Waals surface area contributed by atoms with Crippen molar-refractivity contribution in [3.8, 4) is 17.3 Å². The number of nitriles is 1. The van der Waals surface area contributed by atoms with E-state index in [1.54, 1.807) is 18.3 Å². The van der Waals surface area contributed by atoms with Gasteiger partial charge in [-0.3, -0.25) is 0 Å². The number of aromatic nitrogens is 2. The molecule has 2 aliphatic heterocycles. The van der Waals surface area contributed by atoms with Gasteiger partial charge < -0.3 is 14.2 Å². The minimum Gasteiger partial charge on any atom is -0.373 e. The Balaban J connectivity index is 1.21. The van der Waals surface area contributed by atoms with E-state index in [2.05, 4.69) is 21.1 Å². The summed E-state index contributed by atoms with van der Waals surface area (Å²) in [6.07, 6.45) is 2.71. The van der Waals surface area contributed by atoms with Crippen molar-refractivity contribution < 1.29 is 22.4 Å². The van der Waals surface area contributed by atoms with Gasteiger partial charge in [0.1, 0.15) is 23.3 Å². The molecule has 0 spiro atoms. The summed E-state index contributed by atoms with van der Waals surface area (Å²) >= 11 is 0. The molecule has 0 amide bonds. The summed E-state index contributed by atoms with van der Waals surface area (Å²) in [5, 5.41) is 13.1. The third-order valence-electron chi connectivity index (χ3n) is 7.55. The Labute approximate surface area is 206 Å². The third-order valence-corrected chi connectivity index (χ3v) is 7.55. The predicted octanol–water partition coefficient (Wildman–Crippen LogP) is 6.22. The normalized spacial score (nSPS) is 23.6. The standard InChI is InChI=1S/C27H25F3N4O2/c28-27(29,30)23-4-2-1-3-21(23)25-22(26(36-33-25)17-6-7-17)15-35-20-11-18-8-9-19(12-20)34(18)24-10-5-16(13-31)14-32-24/h1-5,10,14,17-20H,6-9,11-12,15H2. The molecule has 2 atom stereocenters. The lowest BCUT2D eigenvalue weighted by Gasteiger charge is -2.39. The van der Waals surface area contributed by atoms with E-state index in [1.807, 2.05) is 6.07 Å². The summed E-state index contributed by atoms with van der Waals surface area (Å²) in [4.78, 5) is 6.82. The van der Waals surface area contributed by atoms with Crippen LogP contribution in [0.15, 0.2) is 47.1 Å². The fourth-order valence-electron chi connectivity index (χ4n) is 5.72. The van der Waals surface area contributed by atoms with E-state index in [9.17, 15) is 13.2 Å². The quantitative estimate of drug-likeness (QED) is 0.405. The Kier molecular flexibility index (Phi) is 5.72. The minimum absolute atomic E-state index is 0.00945. The van der Waals surface area contributed by atoms with E-state index in [0.717, 1.165) is 50.4 Å². The Morgan fingerprint density at radius 2 is 1.81 bits per heavy atom. The lowest BCUT2D eigenvalue weighted by Crippen LogP contribution is -2.46. The zero-order chi connectivity index (χ0) is 24.9. The van der Waals surface area contributed by atoms with Crippen LogP contribution in [-0.2, 0) is 17.5 Å². The molecular formula is C27H25F3N4O2. The van der Waals surface area contributed by atoms with Crippen LogP contribution in [-0.4, -0.2) is 28.3 Å². The molecule has 186 valence electrons. The summed E-state index contributed by atoms with van der Waals surface area (Å²) in [7, 11) is 0. The second-order valence-corrected chi connectivity index (χ2v) is 9.91. The Bertz CT molecular complexity index is 1280. The molecule has 2 saturated heterocycles. The van der Waals surface area contributed by atoms with Gasteiger partial charge in [-0.05, 0) is 56.7 Å². The van der Waals surface area contributed by atoms with Crippen molar-refractivity contribution >= 4 is 5.82 Å². The van der Waals surface area contributed by atoms with Gasteiger partial charge in [0.2, 0.25) is 0 Å². The molecule has 3 aromatic rings. The SMILES string of the molecule is N#Cc1ccc(N2C3CCC2CC(OCc2c(-c4ccccc4C(F)(F)F)noc2C2CC2)C3)nc1. The zero-order valence-electron chi connectivity index (χ0n) is 19.5. The number of anilines is 1. The minimum atomic E-state index is -4.49. The van der Waals surface area contributed by atoms with Crippen LogP contribution >= 0.6 is 0 Å². The highest BCUT2D eigenvalue weighted by atomic mass is 19.4. The van der Waals surface area contributed by atoms with Crippen molar-refractivity contribution in [2.75, 3.05) is 4.90 Å². The van der Waals surface area contributed by atoms with Crippen LogP contribution in [0.25, 0.3) is 11.3 Å². The average Bonchev–Trinajstić information content (AvgIpc) is 3.58. The number of benzene rings is 1. The first kappa shape index (κ1) is 23.0. The summed E-state index contributed by atoms with van der Waals surface area (Å²) in [5.41, 5.74) is 0.710. The maximum atomic E-state index is 13.7. The van der Waals surface area contributed by atoms with Crippen LogP contribution in [0.3, 0.4) is 0 Å². The first-order valence-electron chi connectivity index (χ1n) is 12.3. The monoisotopic (exact) mass is 494 g/mol.